The number of carbonyl (C=O) groups excluding carboxylic acids is 1. The van der Waals surface area contributed by atoms with Gasteiger partial charge in [0.25, 0.3) is 5.91 Å². The molecule has 4 heteroatoms. The molecule has 16 heavy (non-hydrogen) atoms. The van der Waals surface area contributed by atoms with E-state index in [1.807, 2.05) is 11.8 Å². The molecule has 88 valence electrons. The molecule has 1 fully saturated rings. The predicted octanol–water partition coefficient (Wildman–Crippen LogP) is 1.54. The van der Waals surface area contributed by atoms with Gasteiger partial charge in [-0.2, -0.15) is 0 Å². The van der Waals surface area contributed by atoms with Gasteiger partial charge in [-0.1, -0.05) is 0 Å². The first-order valence-electron chi connectivity index (χ1n) is 5.78. The second-order valence-electron chi connectivity index (χ2n) is 4.32. The zero-order chi connectivity index (χ0) is 11.5. The van der Waals surface area contributed by atoms with Gasteiger partial charge in [-0.25, -0.2) is 0 Å². The van der Waals surface area contributed by atoms with Crippen LogP contribution >= 0.6 is 0 Å². The normalized spacial score (nSPS) is 15.9. The Balaban J connectivity index is 2.09. The number of hydrogen-bond acceptors (Lipinski definition) is 3. The van der Waals surface area contributed by atoms with E-state index in [0.717, 1.165) is 18.6 Å². The Bertz CT molecular complexity index is 369. The molecule has 1 amide bonds. The van der Waals surface area contributed by atoms with Crippen LogP contribution in [0.1, 0.15) is 35.4 Å². The highest BCUT2D eigenvalue weighted by Gasteiger charge is 2.29. The van der Waals surface area contributed by atoms with Gasteiger partial charge in [0.2, 0.25) is 0 Å². The summed E-state index contributed by atoms with van der Waals surface area (Å²) in [7, 11) is 0. The highest BCUT2D eigenvalue weighted by molar-refractivity contribution is 5.94. The van der Waals surface area contributed by atoms with Gasteiger partial charge in [-0.15, -0.1) is 0 Å². The van der Waals surface area contributed by atoms with E-state index in [4.69, 9.17) is 10.2 Å². The molecule has 0 unspecified atom stereocenters. The molecule has 2 rings (SSSR count). The summed E-state index contributed by atoms with van der Waals surface area (Å²) in [6.45, 7) is 2.99. The molecule has 1 aromatic heterocycles. The van der Waals surface area contributed by atoms with Crippen LogP contribution in [-0.4, -0.2) is 29.9 Å². The maximum Gasteiger partial charge on any atom is 0.257 e. The van der Waals surface area contributed by atoms with Gasteiger partial charge in [0.05, 0.1) is 5.56 Å². The third-order valence-electron chi connectivity index (χ3n) is 3.12. The second kappa shape index (κ2) is 4.70. The molecule has 1 aliphatic rings. The number of amides is 1. The summed E-state index contributed by atoms with van der Waals surface area (Å²) in [6, 6.07) is 2.16. The second-order valence-corrected chi connectivity index (χ2v) is 4.32. The summed E-state index contributed by atoms with van der Waals surface area (Å²) in [5, 5.41) is 0. The van der Waals surface area contributed by atoms with Gasteiger partial charge in [-0.05, 0) is 32.3 Å². The highest BCUT2D eigenvalue weighted by atomic mass is 16.3. The fraction of sp³-hybridized carbons (Fsp3) is 0.583. The number of furan rings is 1. The van der Waals surface area contributed by atoms with Crippen LogP contribution in [0, 0.1) is 6.92 Å². The Labute approximate surface area is 95.4 Å². The first kappa shape index (κ1) is 11.2. The van der Waals surface area contributed by atoms with Crippen molar-refractivity contribution >= 4 is 5.91 Å². The van der Waals surface area contributed by atoms with Crippen molar-refractivity contribution in [1.29, 1.82) is 0 Å². The van der Waals surface area contributed by atoms with Gasteiger partial charge < -0.3 is 15.1 Å². The smallest absolute Gasteiger partial charge is 0.257 e. The molecule has 0 atom stereocenters. The van der Waals surface area contributed by atoms with E-state index >= 15 is 0 Å². The molecule has 1 aliphatic carbocycles. The summed E-state index contributed by atoms with van der Waals surface area (Å²) < 4.78 is 5.17. The lowest BCUT2D eigenvalue weighted by molar-refractivity contribution is 0.0588. The van der Waals surface area contributed by atoms with Crippen molar-refractivity contribution in [3.05, 3.63) is 23.7 Å². The molecule has 0 aromatic carbocycles. The molecule has 1 aromatic rings. The zero-order valence-electron chi connectivity index (χ0n) is 9.61. The summed E-state index contributed by atoms with van der Waals surface area (Å²) in [6.07, 6.45) is 4.94. The maximum absolute atomic E-state index is 12.2. The Kier molecular flexibility index (Phi) is 3.29. The van der Waals surface area contributed by atoms with Gasteiger partial charge in [0.1, 0.15) is 12.0 Å². The van der Waals surface area contributed by atoms with E-state index in [-0.39, 0.29) is 5.91 Å². The van der Waals surface area contributed by atoms with Crippen LogP contribution in [0.3, 0.4) is 0 Å². The van der Waals surface area contributed by atoms with Crippen LogP contribution in [0.5, 0.6) is 0 Å². The monoisotopic (exact) mass is 222 g/mol. The van der Waals surface area contributed by atoms with Crippen LogP contribution in [0.2, 0.25) is 0 Å². The minimum atomic E-state index is 0.0481. The zero-order valence-corrected chi connectivity index (χ0v) is 9.61. The Morgan fingerprint density at radius 2 is 2.38 bits per heavy atom. The van der Waals surface area contributed by atoms with Gasteiger partial charge >= 0.3 is 0 Å². The topological polar surface area (TPSA) is 59.5 Å². The molecule has 1 saturated carbocycles. The third-order valence-corrected chi connectivity index (χ3v) is 3.12. The molecule has 4 nitrogen and oxygen atoms in total. The fourth-order valence-electron chi connectivity index (χ4n) is 2.01. The van der Waals surface area contributed by atoms with Gasteiger partial charge in [-0.3, -0.25) is 4.79 Å². The summed E-state index contributed by atoms with van der Waals surface area (Å²) >= 11 is 0. The van der Waals surface area contributed by atoms with Crippen molar-refractivity contribution in [2.45, 2.75) is 32.2 Å². The summed E-state index contributed by atoms with van der Waals surface area (Å²) in [4.78, 5) is 14.1. The Morgan fingerprint density at radius 1 is 1.62 bits per heavy atom. The van der Waals surface area contributed by atoms with Gasteiger partial charge in [0, 0.05) is 19.1 Å². The van der Waals surface area contributed by atoms with Crippen LogP contribution < -0.4 is 5.73 Å². The first-order valence-corrected chi connectivity index (χ1v) is 5.78. The van der Waals surface area contributed by atoms with E-state index in [1.54, 1.807) is 6.07 Å². The lowest BCUT2D eigenvalue weighted by Gasteiger charge is -2.37. The molecule has 0 spiro atoms. The standard InChI is InChI=1S/C12H18N2O2/c1-9-7-10(8-16-9)12(15)14(6-5-13)11-3-2-4-11/h7-8,11H,2-6,13H2,1H3. The average molecular weight is 222 g/mol. The third kappa shape index (κ3) is 2.11. The molecule has 0 saturated heterocycles. The largest absolute Gasteiger partial charge is 0.469 e. The Hall–Kier alpha value is -1.29. The van der Waals surface area contributed by atoms with Crippen molar-refractivity contribution in [2.24, 2.45) is 5.73 Å². The van der Waals surface area contributed by atoms with E-state index in [0.29, 0.717) is 24.7 Å². The summed E-state index contributed by atoms with van der Waals surface area (Å²) in [5.41, 5.74) is 6.19. The first-order chi connectivity index (χ1) is 7.72. The molecular formula is C12H18N2O2. The van der Waals surface area contributed by atoms with Crippen LogP contribution in [0.15, 0.2) is 16.7 Å². The quantitative estimate of drug-likeness (QED) is 0.840. The molecule has 1 heterocycles. The summed E-state index contributed by atoms with van der Waals surface area (Å²) in [5.74, 6) is 0.816. The van der Waals surface area contributed by atoms with Crippen LogP contribution in [-0.2, 0) is 0 Å². The van der Waals surface area contributed by atoms with E-state index in [9.17, 15) is 4.79 Å². The SMILES string of the molecule is Cc1cc(C(=O)N(CCN)C2CCC2)co1. The number of carbonyl (C=O) groups is 1. The molecule has 0 radical (unpaired) electrons. The van der Waals surface area contributed by atoms with Crippen molar-refractivity contribution in [3.8, 4) is 0 Å². The lowest BCUT2D eigenvalue weighted by atomic mass is 9.91. The predicted molar refractivity (Wildman–Crippen MR) is 61.2 cm³/mol. The fourth-order valence-corrected chi connectivity index (χ4v) is 2.01. The number of aryl methyl sites for hydroxylation is 1. The molecule has 0 bridgehead atoms. The van der Waals surface area contributed by atoms with E-state index in [1.165, 1.54) is 12.7 Å². The molecular weight excluding hydrogens is 204 g/mol. The molecule has 2 N–H and O–H groups in total. The number of nitrogens with zero attached hydrogens (tertiary/aromatic N) is 1. The number of rotatable bonds is 4. The maximum atomic E-state index is 12.2. The van der Waals surface area contributed by atoms with Crippen molar-refractivity contribution < 1.29 is 9.21 Å². The van der Waals surface area contributed by atoms with Crippen LogP contribution in [0.25, 0.3) is 0 Å². The van der Waals surface area contributed by atoms with Crippen molar-refractivity contribution in [1.82, 2.24) is 4.90 Å². The molecule has 0 aliphatic heterocycles. The number of hydrogen-bond donors (Lipinski definition) is 1. The minimum absolute atomic E-state index is 0.0481. The van der Waals surface area contributed by atoms with Crippen LogP contribution in [0.4, 0.5) is 0 Å². The minimum Gasteiger partial charge on any atom is -0.469 e. The number of nitrogens with two attached hydrogens (primary N) is 1. The van der Waals surface area contributed by atoms with E-state index < -0.39 is 0 Å². The average Bonchev–Trinajstić information content (AvgIpc) is 2.60. The van der Waals surface area contributed by atoms with E-state index in [2.05, 4.69) is 0 Å². The lowest BCUT2D eigenvalue weighted by Crippen LogP contribution is -2.46. The van der Waals surface area contributed by atoms with Crippen molar-refractivity contribution in [2.75, 3.05) is 13.1 Å². The van der Waals surface area contributed by atoms with Gasteiger partial charge in [0.15, 0.2) is 0 Å². The van der Waals surface area contributed by atoms with Crippen molar-refractivity contribution in [3.63, 3.8) is 0 Å². The Morgan fingerprint density at radius 3 is 2.81 bits per heavy atom. The highest BCUT2D eigenvalue weighted by Crippen LogP contribution is 2.26.